The third-order valence-corrected chi connectivity index (χ3v) is 3.94. The summed E-state index contributed by atoms with van der Waals surface area (Å²) in [5.74, 6) is 0. The molecule has 2 fully saturated rings. The topological polar surface area (TPSA) is 114 Å². The van der Waals surface area contributed by atoms with Gasteiger partial charge in [-0.1, -0.05) is 0 Å². The number of rotatable bonds is 2. The molecule has 0 aromatic carbocycles. The molecule has 1 aromatic rings. The van der Waals surface area contributed by atoms with E-state index in [1.165, 1.54) is 16.8 Å². The normalized spacial score (nSPS) is 36.8. The van der Waals surface area contributed by atoms with Crippen LogP contribution in [0, 0.1) is 0 Å². The minimum Gasteiger partial charge on any atom is -0.394 e. The Balaban J connectivity index is 2.06. The predicted molar refractivity (Wildman–Crippen MR) is 66.2 cm³/mol. The Kier molecular flexibility index (Phi) is 3.25. The maximum Gasteiger partial charge on any atom is 0.330 e. The lowest BCUT2D eigenvalue weighted by Crippen LogP contribution is -2.48. The molecule has 0 aliphatic carbocycles. The lowest BCUT2D eigenvalue weighted by molar-refractivity contribution is -0.122. The third kappa shape index (κ3) is 1.84. The number of aliphatic hydroxyl groups is 2. The third-order valence-electron chi connectivity index (χ3n) is 3.94. The first-order chi connectivity index (χ1) is 9.58. The average Bonchev–Trinajstić information content (AvgIpc) is 3.00. The van der Waals surface area contributed by atoms with Gasteiger partial charge in [0.2, 0.25) is 0 Å². The van der Waals surface area contributed by atoms with Crippen molar-refractivity contribution in [1.82, 2.24) is 9.55 Å². The van der Waals surface area contributed by atoms with Crippen molar-refractivity contribution in [2.24, 2.45) is 0 Å². The first kappa shape index (κ1) is 13.5. The Morgan fingerprint density at radius 1 is 1.50 bits per heavy atom. The highest BCUT2D eigenvalue weighted by Crippen LogP contribution is 2.46. The van der Waals surface area contributed by atoms with Crippen LogP contribution in [0.1, 0.15) is 19.1 Å². The standard InChI is InChI=1S/C12H16N2O6/c15-6-7-9(17)12(3-1-5-19-12)10(20-7)14-4-2-8(16)13-11(14)18/h2,4,7,9-10,15,17H,1,3,5-6H2,(H,13,16,18)/t7-,9?,10-,12?/m1/s1. The summed E-state index contributed by atoms with van der Waals surface area (Å²) in [6.07, 6.45) is -0.173. The van der Waals surface area contributed by atoms with Crippen LogP contribution >= 0.6 is 0 Å². The minimum absolute atomic E-state index is 0.374. The lowest BCUT2D eigenvalue weighted by atomic mass is 9.91. The number of aromatic amines is 1. The van der Waals surface area contributed by atoms with Crippen LogP contribution in [0.25, 0.3) is 0 Å². The van der Waals surface area contributed by atoms with Crippen molar-refractivity contribution in [3.05, 3.63) is 33.1 Å². The van der Waals surface area contributed by atoms with Gasteiger partial charge in [0.05, 0.1) is 6.61 Å². The minimum atomic E-state index is -1.06. The van der Waals surface area contributed by atoms with Crippen molar-refractivity contribution >= 4 is 0 Å². The summed E-state index contributed by atoms with van der Waals surface area (Å²) in [5, 5.41) is 19.6. The van der Waals surface area contributed by atoms with Crippen molar-refractivity contribution < 1.29 is 19.7 Å². The van der Waals surface area contributed by atoms with Gasteiger partial charge in [0, 0.05) is 18.9 Å². The van der Waals surface area contributed by atoms with Gasteiger partial charge in [0.15, 0.2) is 6.23 Å². The Morgan fingerprint density at radius 3 is 2.90 bits per heavy atom. The summed E-state index contributed by atoms with van der Waals surface area (Å²) < 4.78 is 12.4. The van der Waals surface area contributed by atoms with Gasteiger partial charge in [0.25, 0.3) is 5.56 Å². The van der Waals surface area contributed by atoms with Gasteiger partial charge in [-0.15, -0.1) is 0 Å². The molecular formula is C12H16N2O6. The van der Waals surface area contributed by atoms with E-state index in [1.54, 1.807) is 0 Å². The molecule has 1 aromatic heterocycles. The largest absolute Gasteiger partial charge is 0.394 e. The van der Waals surface area contributed by atoms with Gasteiger partial charge >= 0.3 is 5.69 Å². The molecule has 20 heavy (non-hydrogen) atoms. The molecular weight excluding hydrogens is 268 g/mol. The second-order valence-corrected chi connectivity index (χ2v) is 5.08. The SMILES string of the molecule is O=c1ccn([C@@H]2O[C@H](CO)C(O)C23CCCO3)c(=O)[nH]1. The summed E-state index contributed by atoms with van der Waals surface area (Å²) >= 11 is 0. The molecule has 8 nitrogen and oxygen atoms in total. The van der Waals surface area contributed by atoms with Gasteiger partial charge in [-0.3, -0.25) is 14.3 Å². The number of nitrogens with one attached hydrogen (secondary N) is 1. The molecule has 3 heterocycles. The Bertz CT molecular complexity index is 602. The molecule has 2 aliphatic rings. The molecule has 0 saturated carbocycles. The molecule has 2 unspecified atom stereocenters. The zero-order valence-electron chi connectivity index (χ0n) is 10.7. The molecule has 2 saturated heterocycles. The van der Waals surface area contributed by atoms with Crippen LogP contribution in [0.3, 0.4) is 0 Å². The van der Waals surface area contributed by atoms with E-state index in [-0.39, 0.29) is 6.61 Å². The quantitative estimate of drug-likeness (QED) is 0.599. The average molecular weight is 284 g/mol. The Morgan fingerprint density at radius 2 is 2.30 bits per heavy atom. The molecule has 3 rings (SSSR count). The second kappa shape index (κ2) is 4.81. The number of aliphatic hydroxyl groups excluding tert-OH is 2. The van der Waals surface area contributed by atoms with Crippen LogP contribution in [0.15, 0.2) is 21.9 Å². The molecule has 0 radical (unpaired) electrons. The fourth-order valence-electron chi connectivity index (χ4n) is 2.98. The highest BCUT2D eigenvalue weighted by molar-refractivity contribution is 5.06. The molecule has 0 amide bonds. The smallest absolute Gasteiger partial charge is 0.330 e. The number of hydrogen-bond donors (Lipinski definition) is 3. The van der Waals surface area contributed by atoms with Crippen LogP contribution in [0.4, 0.5) is 0 Å². The number of nitrogens with zero attached hydrogens (tertiary/aromatic N) is 1. The fraction of sp³-hybridized carbons (Fsp3) is 0.667. The van der Waals surface area contributed by atoms with Gasteiger partial charge in [0.1, 0.15) is 17.8 Å². The van der Waals surface area contributed by atoms with Gasteiger partial charge < -0.3 is 19.7 Å². The summed E-state index contributed by atoms with van der Waals surface area (Å²) in [5.41, 5.74) is -2.21. The molecule has 0 bridgehead atoms. The van der Waals surface area contributed by atoms with Crippen molar-refractivity contribution in [3.63, 3.8) is 0 Å². The summed E-state index contributed by atoms with van der Waals surface area (Å²) in [6.45, 7) is 0.0774. The van der Waals surface area contributed by atoms with E-state index in [9.17, 15) is 19.8 Å². The van der Waals surface area contributed by atoms with Crippen LogP contribution in [-0.4, -0.2) is 50.8 Å². The highest BCUT2D eigenvalue weighted by atomic mass is 16.6. The second-order valence-electron chi connectivity index (χ2n) is 5.08. The molecule has 4 atom stereocenters. The van der Waals surface area contributed by atoms with E-state index in [1.807, 2.05) is 0 Å². The van der Waals surface area contributed by atoms with E-state index < -0.39 is 35.3 Å². The number of hydrogen-bond acceptors (Lipinski definition) is 6. The molecule has 3 N–H and O–H groups in total. The molecule has 8 heteroatoms. The zero-order valence-corrected chi connectivity index (χ0v) is 10.7. The summed E-state index contributed by atoms with van der Waals surface area (Å²) in [6, 6.07) is 1.20. The Hall–Kier alpha value is -1.48. The van der Waals surface area contributed by atoms with Crippen LogP contribution in [0.5, 0.6) is 0 Å². The van der Waals surface area contributed by atoms with Crippen LogP contribution < -0.4 is 11.2 Å². The zero-order chi connectivity index (χ0) is 14.3. The predicted octanol–water partition coefficient (Wildman–Crippen LogP) is -1.66. The van der Waals surface area contributed by atoms with Crippen LogP contribution in [0.2, 0.25) is 0 Å². The summed E-state index contributed by atoms with van der Waals surface area (Å²) in [4.78, 5) is 25.2. The molecule has 2 aliphatic heterocycles. The van der Waals surface area contributed by atoms with E-state index in [0.29, 0.717) is 13.0 Å². The van der Waals surface area contributed by atoms with E-state index >= 15 is 0 Å². The first-order valence-electron chi connectivity index (χ1n) is 6.48. The maximum atomic E-state index is 11.9. The van der Waals surface area contributed by atoms with Gasteiger partial charge in [-0.25, -0.2) is 4.79 Å². The van der Waals surface area contributed by atoms with Gasteiger partial charge in [-0.05, 0) is 12.8 Å². The fourth-order valence-corrected chi connectivity index (χ4v) is 2.98. The van der Waals surface area contributed by atoms with E-state index in [0.717, 1.165) is 6.42 Å². The monoisotopic (exact) mass is 284 g/mol. The van der Waals surface area contributed by atoms with Gasteiger partial charge in [-0.2, -0.15) is 0 Å². The maximum absolute atomic E-state index is 11.9. The van der Waals surface area contributed by atoms with Crippen molar-refractivity contribution in [1.29, 1.82) is 0 Å². The number of ether oxygens (including phenoxy) is 2. The summed E-state index contributed by atoms with van der Waals surface area (Å²) in [7, 11) is 0. The Labute approximate surface area is 113 Å². The molecule has 110 valence electrons. The van der Waals surface area contributed by atoms with Crippen LogP contribution in [-0.2, 0) is 9.47 Å². The van der Waals surface area contributed by atoms with E-state index in [4.69, 9.17) is 9.47 Å². The van der Waals surface area contributed by atoms with Crippen molar-refractivity contribution in [2.45, 2.75) is 36.9 Å². The number of aromatic nitrogens is 2. The van der Waals surface area contributed by atoms with Crippen molar-refractivity contribution in [3.8, 4) is 0 Å². The first-order valence-corrected chi connectivity index (χ1v) is 6.48. The van der Waals surface area contributed by atoms with Crippen molar-refractivity contribution in [2.75, 3.05) is 13.2 Å². The lowest BCUT2D eigenvalue weighted by Gasteiger charge is -2.31. The number of H-pyrrole nitrogens is 1. The van der Waals surface area contributed by atoms with E-state index in [2.05, 4.69) is 4.98 Å². The highest BCUT2D eigenvalue weighted by Gasteiger charge is 2.59. The molecule has 1 spiro atoms.